The van der Waals surface area contributed by atoms with Gasteiger partial charge in [0.05, 0.1) is 12.7 Å². The average Bonchev–Trinajstić information content (AvgIpc) is 2.54. The van der Waals surface area contributed by atoms with Gasteiger partial charge in [0.2, 0.25) is 0 Å². The number of aliphatic hydroxyl groups excluding tert-OH is 1. The third-order valence-corrected chi connectivity index (χ3v) is 4.18. The standard InChI is InChI=1S/C17H25F3N2O2/c1-2-24-13-15(23)12-21-8-10-22(11-9-21)16(17(18,19)20)14-6-4-3-5-7-14/h3-7,15-16,23H,2,8-13H2,1H3. The Hall–Kier alpha value is -1.15. The van der Waals surface area contributed by atoms with Crippen molar-refractivity contribution in [2.24, 2.45) is 0 Å². The number of rotatable bonds is 7. The van der Waals surface area contributed by atoms with E-state index in [1.54, 1.807) is 18.2 Å². The number of piperazine rings is 1. The van der Waals surface area contributed by atoms with Gasteiger partial charge in [-0.15, -0.1) is 0 Å². The van der Waals surface area contributed by atoms with Crippen LogP contribution in [0.4, 0.5) is 13.2 Å². The Morgan fingerprint density at radius 1 is 1.12 bits per heavy atom. The first-order valence-corrected chi connectivity index (χ1v) is 8.25. The lowest BCUT2D eigenvalue weighted by atomic mass is 10.0. The Labute approximate surface area is 140 Å². The summed E-state index contributed by atoms with van der Waals surface area (Å²) in [7, 11) is 0. The summed E-state index contributed by atoms with van der Waals surface area (Å²) in [4.78, 5) is 3.46. The second kappa shape index (κ2) is 8.80. The Morgan fingerprint density at radius 2 is 1.75 bits per heavy atom. The van der Waals surface area contributed by atoms with Gasteiger partial charge in [-0.1, -0.05) is 30.3 Å². The van der Waals surface area contributed by atoms with E-state index >= 15 is 0 Å². The predicted molar refractivity (Wildman–Crippen MR) is 85.8 cm³/mol. The van der Waals surface area contributed by atoms with Crippen molar-refractivity contribution in [1.29, 1.82) is 0 Å². The van der Waals surface area contributed by atoms with E-state index in [1.807, 2.05) is 11.8 Å². The molecule has 0 spiro atoms. The number of ether oxygens (including phenoxy) is 1. The third-order valence-electron chi connectivity index (χ3n) is 4.18. The number of halogens is 3. The van der Waals surface area contributed by atoms with Gasteiger partial charge in [-0.05, 0) is 12.5 Å². The molecule has 2 atom stereocenters. The van der Waals surface area contributed by atoms with Crippen molar-refractivity contribution in [3.05, 3.63) is 35.9 Å². The summed E-state index contributed by atoms with van der Waals surface area (Å²) in [6.45, 7) is 4.72. The van der Waals surface area contributed by atoms with Crippen LogP contribution in [-0.4, -0.2) is 73.1 Å². The highest BCUT2D eigenvalue weighted by molar-refractivity contribution is 5.20. The summed E-state index contributed by atoms with van der Waals surface area (Å²) in [5.41, 5.74) is 0.273. The molecule has 7 heteroatoms. The van der Waals surface area contributed by atoms with Gasteiger partial charge in [0.15, 0.2) is 0 Å². The summed E-state index contributed by atoms with van der Waals surface area (Å²) >= 11 is 0. The lowest BCUT2D eigenvalue weighted by Gasteiger charge is -2.40. The molecule has 1 aliphatic heterocycles. The van der Waals surface area contributed by atoms with Crippen LogP contribution in [0.5, 0.6) is 0 Å². The highest BCUT2D eigenvalue weighted by Gasteiger charge is 2.45. The number of aliphatic hydroxyl groups is 1. The molecule has 0 amide bonds. The molecule has 1 heterocycles. The monoisotopic (exact) mass is 346 g/mol. The van der Waals surface area contributed by atoms with E-state index in [2.05, 4.69) is 0 Å². The fourth-order valence-corrected chi connectivity index (χ4v) is 3.05. The van der Waals surface area contributed by atoms with Crippen LogP contribution in [0.3, 0.4) is 0 Å². The van der Waals surface area contributed by atoms with Gasteiger partial charge in [-0.3, -0.25) is 9.80 Å². The zero-order valence-corrected chi connectivity index (χ0v) is 13.9. The summed E-state index contributed by atoms with van der Waals surface area (Å²) in [6, 6.07) is 6.46. The molecule has 4 nitrogen and oxygen atoms in total. The highest BCUT2D eigenvalue weighted by atomic mass is 19.4. The minimum Gasteiger partial charge on any atom is -0.389 e. The molecule has 1 aromatic carbocycles. The highest BCUT2D eigenvalue weighted by Crippen LogP contribution is 2.37. The van der Waals surface area contributed by atoms with Crippen molar-refractivity contribution < 1.29 is 23.0 Å². The number of nitrogens with zero attached hydrogens (tertiary/aromatic N) is 2. The van der Waals surface area contributed by atoms with Gasteiger partial charge in [0.1, 0.15) is 6.04 Å². The summed E-state index contributed by atoms with van der Waals surface area (Å²) in [5, 5.41) is 9.85. The lowest BCUT2D eigenvalue weighted by molar-refractivity contribution is -0.190. The van der Waals surface area contributed by atoms with Crippen LogP contribution in [0.1, 0.15) is 18.5 Å². The third kappa shape index (κ3) is 5.44. The van der Waals surface area contributed by atoms with Crippen molar-refractivity contribution in [1.82, 2.24) is 9.80 Å². The maximum absolute atomic E-state index is 13.5. The Kier molecular flexibility index (Phi) is 7.03. The smallest absolute Gasteiger partial charge is 0.389 e. The van der Waals surface area contributed by atoms with E-state index in [-0.39, 0.29) is 12.2 Å². The molecule has 0 bridgehead atoms. The summed E-state index contributed by atoms with van der Waals surface area (Å²) in [6.07, 6.45) is -4.91. The maximum Gasteiger partial charge on any atom is 0.408 e. The van der Waals surface area contributed by atoms with Crippen LogP contribution >= 0.6 is 0 Å². The molecule has 136 valence electrons. The van der Waals surface area contributed by atoms with Gasteiger partial charge in [0.25, 0.3) is 0 Å². The second-order valence-electron chi connectivity index (χ2n) is 6.00. The first-order valence-electron chi connectivity index (χ1n) is 8.25. The molecular weight excluding hydrogens is 321 g/mol. The van der Waals surface area contributed by atoms with Gasteiger partial charge < -0.3 is 9.84 Å². The second-order valence-corrected chi connectivity index (χ2v) is 6.00. The summed E-state index contributed by atoms with van der Waals surface area (Å²) < 4.78 is 45.7. The Bertz CT molecular complexity index is 476. The van der Waals surface area contributed by atoms with Crippen LogP contribution in [0.15, 0.2) is 30.3 Å². The van der Waals surface area contributed by atoms with Crippen molar-refractivity contribution in [3.8, 4) is 0 Å². The lowest BCUT2D eigenvalue weighted by Crippen LogP contribution is -2.52. The molecule has 0 radical (unpaired) electrons. The molecule has 0 aromatic heterocycles. The summed E-state index contributed by atoms with van der Waals surface area (Å²) in [5.74, 6) is 0. The molecule has 1 saturated heterocycles. The topological polar surface area (TPSA) is 35.9 Å². The van der Waals surface area contributed by atoms with Crippen LogP contribution in [0.2, 0.25) is 0 Å². The van der Waals surface area contributed by atoms with E-state index in [9.17, 15) is 18.3 Å². The van der Waals surface area contributed by atoms with Gasteiger partial charge in [-0.2, -0.15) is 13.2 Å². The number of hydrogen-bond acceptors (Lipinski definition) is 4. The van der Waals surface area contributed by atoms with Crippen LogP contribution in [0, 0.1) is 0 Å². The molecule has 0 saturated carbocycles. The van der Waals surface area contributed by atoms with Crippen molar-refractivity contribution in [2.45, 2.75) is 25.2 Å². The number of benzene rings is 1. The van der Waals surface area contributed by atoms with Gasteiger partial charge in [0, 0.05) is 39.3 Å². The molecule has 2 unspecified atom stereocenters. The fraction of sp³-hybridized carbons (Fsp3) is 0.647. The molecule has 1 aliphatic rings. The zero-order valence-electron chi connectivity index (χ0n) is 13.9. The van der Waals surface area contributed by atoms with Gasteiger partial charge >= 0.3 is 6.18 Å². The van der Waals surface area contributed by atoms with Crippen LogP contribution in [-0.2, 0) is 4.74 Å². The quantitative estimate of drug-likeness (QED) is 0.822. The van der Waals surface area contributed by atoms with E-state index in [0.29, 0.717) is 39.3 Å². The number of β-amino-alcohol motifs (C(OH)–C–C–N with tert-alkyl or cyclic N) is 1. The molecule has 1 fully saturated rings. The van der Waals surface area contributed by atoms with Crippen molar-refractivity contribution >= 4 is 0 Å². The number of alkyl halides is 3. The molecule has 1 N–H and O–H groups in total. The molecule has 24 heavy (non-hydrogen) atoms. The SMILES string of the molecule is CCOCC(O)CN1CCN(C(c2ccccc2)C(F)(F)F)CC1. The largest absolute Gasteiger partial charge is 0.408 e. The molecule has 0 aliphatic carbocycles. The fourth-order valence-electron chi connectivity index (χ4n) is 3.05. The van der Waals surface area contributed by atoms with Crippen molar-refractivity contribution in [3.63, 3.8) is 0 Å². The molecule has 2 rings (SSSR count). The van der Waals surface area contributed by atoms with Gasteiger partial charge in [-0.25, -0.2) is 0 Å². The molecular formula is C17H25F3N2O2. The number of hydrogen-bond donors (Lipinski definition) is 1. The van der Waals surface area contributed by atoms with E-state index in [1.165, 1.54) is 17.0 Å². The molecule has 1 aromatic rings. The minimum atomic E-state index is -4.31. The van der Waals surface area contributed by atoms with E-state index < -0.39 is 18.3 Å². The van der Waals surface area contributed by atoms with Crippen LogP contribution in [0.25, 0.3) is 0 Å². The normalized spacial score (nSPS) is 20.0. The van der Waals surface area contributed by atoms with E-state index in [4.69, 9.17) is 4.74 Å². The average molecular weight is 346 g/mol. The Balaban J connectivity index is 1.94. The maximum atomic E-state index is 13.5. The first-order chi connectivity index (χ1) is 11.4. The predicted octanol–water partition coefficient (Wildman–Crippen LogP) is 2.30. The minimum absolute atomic E-state index is 0.256. The zero-order chi connectivity index (χ0) is 17.6. The first kappa shape index (κ1) is 19.2. The Morgan fingerprint density at radius 3 is 2.29 bits per heavy atom. The van der Waals surface area contributed by atoms with Crippen molar-refractivity contribution in [2.75, 3.05) is 45.9 Å². The van der Waals surface area contributed by atoms with Crippen LogP contribution < -0.4 is 0 Å². The van der Waals surface area contributed by atoms with E-state index in [0.717, 1.165) is 0 Å².